The normalized spacial score (nSPS) is 14.6. The number of halogens is 1. The number of anilines is 1. The summed E-state index contributed by atoms with van der Waals surface area (Å²) in [5.74, 6) is 1.53. The van der Waals surface area contributed by atoms with Crippen LogP contribution in [-0.2, 0) is 4.79 Å². The first-order valence-corrected chi connectivity index (χ1v) is 10.2. The SMILES string of the molecule is O=C(CSc1n[nH]c(-c2ccc(Cl)cc2)n1)Nc1ccnn1C1CCCC1. The van der Waals surface area contributed by atoms with E-state index in [4.69, 9.17) is 11.6 Å². The highest BCUT2D eigenvalue weighted by Gasteiger charge is 2.20. The average molecular weight is 403 g/mol. The molecule has 0 unspecified atom stereocenters. The Bertz CT molecular complexity index is 916. The molecule has 0 radical (unpaired) electrons. The van der Waals surface area contributed by atoms with Gasteiger partial charge in [0.25, 0.3) is 0 Å². The second-order valence-corrected chi connectivity index (χ2v) is 7.79. The van der Waals surface area contributed by atoms with Crippen LogP contribution in [0.2, 0.25) is 5.02 Å². The molecule has 9 heteroatoms. The standard InChI is InChI=1S/C18H19ClN6OS/c19-13-7-5-12(6-8-13)17-22-18(24-23-17)27-11-16(26)21-15-9-10-20-25(15)14-3-1-2-4-14/h5-10,14H,1-4,11H2,(H,21,26)(H,22,23,24). The van der Waals surface area contributed by atoms with Crippen LogP contribution in [-0.4, -0.2) is 36.6 Å². The monoisotopic (exact) mass is 402 g/mol. The van der Waals surface area contributed by atoms with E-state index in [0.29, 0.717) is 22.0 Å². The van der Waals surface area contributed by atoms with E-state index in [1.807, 2.05) is 22.9 Å². The number of aromatic amines is 1. The molecule has 27 heavy (non-hydrogen) atoms. The van der Waals surface area contributed by atoms with E-state index in [1.165, 1.54) is 24.6 Å². The van der Waals surface area contributed by atoms with Crippen LogP contribution in [0.3, 0.4) is 0 Å². The van der Waals surface area contributed by atoms with Gasteiger partial charge in [0.1, 0.15) is 5.82 Å². The molecule has 4 rings (SSSR count). The summed E-state index contributed by atoms with van der Waals surface area (Å²) in [4.78, 5) is 16.7. The van der Waals surface area contributed by atoms with Crippen molar-refractivity contribution >= 4 is 35.1 Å². The van der Waals surface area contributed by atoms with Gasteiger partial charge < -0.3 is 5.32 Å². The minimum atomic E-state index is -0.0995. The third-order valence-corrected chi connectivity index (χ3v) is 5.62. The predicted octanol–water partition coefficient (Wildman–Crippen LogP) is 4.17. The van der Waals surface area contributed by atoms with Gasteiger partial charge in [-0.3, -0.25) is 9.89 Å². The van der Waals surface area contributed by atoms with Crippen LogP contribution in [0.25, 0.3) is 11.4 Å². The summed E-state index contributed by atoms with van der Waals surface area (Å²) in [5.41, 5.74) is 0.892. The second-order valence-electron chi connectivity index (χ2n) is 6.41. The number of rotatable bonds is 6. The van der Waals surface area contributed by atoms with Gasteiger partial charge in [0.2, 0.25) is 11.1 Å². The number of aromatic nitrogens is 5. The van der Waals surface area contributed by atoms with E-state index >= 15 is 0 Å². The molecule has 0 saturated heterocycles. The molecule has 2 N–H and O–H groups in total. The summed E-state index contributed by atoms with van der Waals surface area (Å²) in [7, 11) is 0. The number of hydrogen-bond acceptors (Lipinski definition) is 5. The highest BCUT2D eigenvalue weighted by Crippen LogP contribution is 2.31. The van der Waals surface area contributed by atoms with Crippen molar-refractivity contribution in [3.63, 3.8) is 0 Å². The van der Waals surface area contributed by atoms with Gasteiger partial charge in [-0.05, 0) is 37.1 Å². The summed E-state index contributed by atoms with van der Waals surface area (Å²) in [6, 6.07) is 9.56. The van der Waals surface area contributed by atoms with Crippen molar-refractivity contribution in [2.45, 2.75) is 36.9 Å². The summed E-state index contributed by atoms with van der Waals surface area (Å²) in [6.07, 6.45) is 6.39. The first-order valence-electron chi connectivity index (χ1n) is 8.83. The van der Waals surface area contributed by atoms with Gasteiger partial charge in [-0.15, -0.1) is 5.10 Å². The van der Waals surface area contributed by atoms with Crippen molar-refractivity contribution in [3.8, 4) is 11.4 Å². The molecular weight excluding hydrogens is 384 g/mol. The number of amides is 1. The van der Waals surface area contributed by atoms with Crippen LogP contribution >= 0.6 is 23.4 Å². The van der Waals surface area contributed by atoms with Crippen LogP contribution in [0.1, 0.15) is 31.7 Å². The number of carbonyl (C=O) groups excluding carboxylic acids is 1. The lowest BCUT2D eigenvalue weighted by Crippen LogP contribution is -2.19. The fourth-order valence-corrected chi connectivity index (χ4v) is 3.93. The summed E-state index contributed by atoms with van der Waals surface area (Å²) in [6.45, 7) is 0. The second kappa shape index (κ2) is 8.14. The minimum Gasteiger partial charge on any atom is -0.310 e. The molecule has 0 atom stereocenters. The summed E-state index contributed by atoms with van der Waals surface area (Å²) >= 11 is 7.18. The first-order chi connectivity index (χ1) is 13.2. The lowest BCUT2D eigenvalue weighted by molar-refractivity contribution is -0.113. The molecule has 1 aliphatic carbocycles. The number of H-pyrrole nitrogens is 1. The molecule has 0 spiro atoms. The molecule has 2 aromatic heterocycles. The number of hydrogen-bond donors (Lipinski definition) is 2. The van der Waals surface area contributed by atoms with Gasteiger partial charge in [0, 0.05) is 16.7 Å². The highest BCUT2D eigenvalue weighted by molar-refractivity contribution is 7.99. The Morgan fingerprint density at radius 2 is 2.04 bits per heavy atom. The van der Waals surface area contributed by atoms with Crippen LogP contribution in [0.4, 0.5) is 5.82 Å². The fraction of sp³-hybridized carbons (Fsp3) is 0.333. The van der Waals surface area contributed by atoms with Crippen molar-refractivity contribution in [1.82, 2.24) is 25.0 Å². The Morgan fingerprint density at radius 1 is 1.26 bits per heavy atom. The molecule has 3 aromatic rings. The number of nitrogens with one attached hydrogen (secondary N) is 2. The number of benzene rings is 1. The Balaban J connectivity index is 1.33. The van der Waals surface area contributed by atoms with Crippen molar-refractivity contribution < 1.29 is 4.79 Å². The van der Waals surface area contributed by atoms with Gasteiger partial charge in [0.05, 0.1) is 18.0 Å². The van der Waals surface area contributed by atoms with Crippen molar-refractivity contribution in [3.05, 3.63) is 41.6 Å². The van der Waals surface area contributed by atoms with Crippen LogP contribution in [0.15, 0.2) is 41.7 Å². The molecule has 7 nitrogen and oxygen atoms in total. The lowest BCUT2D eigenvalue weighted by atomic mass is 10.2. The van der Waals surface area contributed by atoms with E-state index in [-0.39, 0.29) is 11.7 Å². The van der Waals surface area contributed by atoms with Crippen molar-refractivity contribution in [1.29, 1.82) is 0 Å². The van der Waals surface area contributed by atoms with Gasteiger partial charge >= 0.3 is 0 Å². The van der Waals surface area contributed by atoms with Gasteiger partial charge in [-0.1, -0.05) is 36.2 Å². The predicted molar refractivity (Wildman–Crippen MR) is 106 cm³/mol. The molecule has 1 aliphatic rings. The molecule has 1 aromatic carbocycles. The van der Waals surface area contributed by atoms with Gasteiger partial charge in [0.15, 0.2) is 5.82 Å². The fourth-order valence-electron chi connectivity index (χ4n) is 3.21. The van der Waals surface area contributed by atoms with Gasteiger partial charge in [-0.2, -0.15) is 5.10 Å². The third kappa shape index (κ3) is 4.33. The van der Waals surface area contributed by atoms with E-state index in [1.54, 1.807) is 18.3 Å². The summed E-state index contributed by atoms with van der Waals surface area (Å²) < 4.78 is 1.93. The van der Waals surface area contributed by atoms with Crippen LogP contribution < -0.4 is 5.32 Å². The molecule has 0 bridgehead atoms. The lowest BCUT2D eigenvalue weighted by Gasteiger charge is -2.14. The maximum Gasteiger partial charge on any atom is 0.235 e. The van der Waals surface area contributed by atoms with E-state index < -0.39 is 0 Å². The maximum atomic E-state index is 12.3. The molecule has 140 valence electrons. The van der Waals surface area contributed by atoms with Crippen molar-refractivity contribution in [2.75, 3.05) is 11.1 Å². The average Bonchev–Trinajstić information content (AvgIpc) is 3.42. The Hall–Kier alpha value is -2.32. The van der Waals surface area contributed by atoms with Gasteiger partial charge in [-0.25, -0.2) is 9.67 Å². The molecule has 0 aliphatic heterocycles. The maximum absolute atomic E-state index is 12.3. The Morgan fingerprint density at radius 3 is 2.81 bits per heavy atom. The van der Waals surface area contributed by atoms with E-state index in [9.17, 15) is 4.79 Å². The quantitative estimate of drug-likeness (QED) is 0.604. The van der Waals surface area contributed by atoms with Crippen molar-refractivity contribution in [2.24, 2.45) is 0 Å². The van der Waals surface area contributed by atoms with E-state index in [2.05, 4.69) is 25.6 Å². The largest absolute Gasteiger partial charge is 0.310 e. The zero-order valence-electron chi connectivity index (χ0n) is 14.6. The molecular formula is C18H19ClN6OS. The smallest absolute Gasteiger partial charge is 0.235 e. The molecule has 1 fully saturated rings. The Labute approximate surface area is 165 Å². The Kier molecular flexibility index (Phi) is 5.45. The third-order valence-electron chi connectivity index (χ3n) is 4.52. The minimum absolute atomic E-state index is 0.0995. The molecule has 1 amide bonds. The van der Waals surface area contributed by atoms with Crippen LogP contribution in [0, 0.1) is 0 Å². The first kappa shape index (κ1) is 18.1. The molecule has 1 saturated carbocycles. The topological polar surface area (TPSA) is 88.5 Å². The summed E-state index contributed by atoms with van der Waals surface area (Å²) in [5, 5.41) is 15.6. The number of nitrogens with zero attached hydrogens (tertiary/aromatic N) is 4. The zero-order chi connectivity index (χ0) is 18.6. The highest BCUT2D eigenvalue weighted by atomic mass is 35.5. The number of carbonyl (C=O) groups is 1. The molecule has 2 heterocycles. The van der Waals surface area contributed by atoms with E-state index in [0.717, 1.165) is 24.2 Å². The van der Waals surface area contributed by atoms with Crippen LogP contribution in [0.5, 0.6) is 0 Å². The number of thioether (sulfide) groups is 1. The zero-order valence-corrected chi connectivity index (χ0v) is 16.1.